The van der Waals surface area contributed by atoms with Gasteiger partial charge in [-0.05, 0) is 91.3 Å². The molecule has 2 aliphatic heterocycles. The monoisotopic (exact) mass is 450 g/mol. The summed E-state index contributed by atoms with van der Waals surface area (Å²) in [6, 6.07) is 0. The van der Waals surface area contributed by atoms with Gasteiger partial charge in [-0.1, -0.05) is 27.7 Å². The Balaban J connectivity index is 1.40. The van der Waals surface area contributed by atoms with E-state index in [1.807, 2.05) is 0 Å². The van der Waals surface area contributed by atoms with Crippen molar-refractivity contribution in [2.45, 2.75) is 97.1 Å². The summed E-state index contributed by atoms with van der Waals surface area (Å²) >= 11 is 0. The Hall–Kier alpha value is -0.200. The van der Waals surface area contributed by atoms with Crippen molar-refractivity contribution < 1.29 is 24.8 Å². The maximum absolute atomic E-state index is 10.7. The maximum Gasteiger partial charge on any atom is 0.171 e. The van der Waals surface area contributed by atoms with Crippen LogP contribution in [-0.2, 0) is 9.47 Å². The Bertz CT molecular complexity index is 690. The molecule has 2 saturated heterocycles. The molecule has 3 saturated carbocycles. The highest BCUT2D eigenvalue weighted by atomic mass is 16.7. The average Bonchev–Trinajstić information content (AvgIpc) is 3.21. The van der Waals surface area contributed by atoms with E-state index < -0.39 is 5.79 Å². The van der Waals surface area contributed by atoms with Gasteiger partial charge in [0.1, 0.15) is 0 Å². The fraction of sp³-hybridized carbons (Fsp3) is 1.00. The highest BCUT2D eigenvalue weighted by Gasteiger charge is 2.68. The van der Waals surface area contributed by atoms with Crippen molar-refractivity contribution >= 4 is 0 Å². The standard InChI is InChI=1S/C27H46O5/c1-16-5-10-27(31-15-16)17(2)24-23(32-27)12-22-20(14-29)21(7-9-26(22,24)4)25(3)8-6-19(30)11-18(25)13-28/h16-24,28-30H,5-15H2,1-4H3/t16-,17+,18-,19+,20-,21+,22+,23+,24+,25+,26+,27-/m1/s1. The van der Waals surface area contributed by atoms with E-state index >= 15 is 0 Å². The molecule has 5 rings (SSSR count). The molecule has 5 aliphatic rings. The lowest BCUT2D eigenvalue weighted by molar-refractivity contribution is -0.273. The number of ether oxygens (including phenoxy) is 2. The van der Waals surface area contributed by atoms with Crippen molar-refractivity contribution in [3.8, 4) is 0 Å². The number of aliphatic hydroxyl groups is 3. The van der Waals surface area contributed by atoms with Crippen LogP contribution in [0.4, 0.5) is 0 Å². The molecule has 5 heteroatoms. The molecular weight excluding hydrogens is 404 g/mol. The normalized spacial score (nSPS) is 58.0. The summed E-state index contributed by atoms with van der Waals surface area (Å²) in [6.07, 6.45) is 7.85. The Kier molecular flexibility index (Phi) is 6.02. The SMILES string of the molecule is C[C@@H]1CC[C@@]2(OC1)O[C@H]1C[C@H]3[C@H](CO)[C@@H]([C@@]4(C)CC[C@H](O)C[C@@H]4CO)CC[C@]3(C)[C@H]1[C@@H]2C. The molecule has 184 valence electrons. The molecule has 1 spiro atoms. The summed E-state index contributed by atoms with van der Waals surface area (Å²) in [6.45, 7) is 10.6. The summed E-state index contributed by atoms with van der Waals surface area (Å²) < 4.78 is 13.2. The first kappa shape index (κ1) is 23.5. The molecule has 32 heavy (non-hydrogen) atoms. The van der Waals surface area contributed by atoms with E-state index in [9.17, 15) is 15.3 Å². The molecule has 0 radical (unpaired) electrons. The van der Waals surface area contributed by atoms with E-state index in [2.05, 4.69) is 27.7 Å². The second kappa shape index (κ2) is 8.19. The van der Waals surface area contributed by atoms with Crippen molar-refractivity contribution in [2.24, 2.45) is 52.3 Å². The predicted octanol–water partition coefficient (Wildman–Crippen LogP) is 3.98. The Morgan fingerprint density at radius 1 is 0.875 bits per heavy atom. The number of rotatable bonds is 3. The van der Waals surface area contributed by atoms with E-state index in [4.69, 9.17) is 9.47 Å². The van der Waals surface area contributed by atoms with Crippen molar-refractivity contribution in [1.29, 1.82) is 0 Å². The topological polar surface area (TPSA) is 79.2 Å². The van der Waals surface area contributed by atoms with Gasteiger partial charge in [0.05, 0.1) is 18.8 Å². The zero-order valence-corrected chi connectivity index (χ0v) is 20.6. The van der Waals surface area contributed by atoms with Crippen LogP contribution in [0.25, 0.3) is 0 Å². The minimum atomic E-state index is -0.394. The van der Waals surface area contributed by atoms with E-state index in [1.54, 1.807) is 0 Å². The summed E-state index contributed by atoms with van der Waals surface area (Å²) in [5.41, 5.74) is 0.153. The van der Waals surface area contributed by atoms with E-state index in [1.165, 1.54) is 6.42 Å². The third kappa shape index (κ3) is 3.28. The van der Waals surface area contributed by atoms with Crippen LogP contribution >= 0.6 is 0 Å². The smallest absolute Gasteiger partial charge is 0.171 e. The van der Waals surface area contributed by atoms with Crippen LogP contribution in [0.1, 0.15) is 79.1 Å². The van der Waals surface area contributed by atoms with Crippen molar-refractivity contribution in [3.63, 3.8) is 0 Å². The lowest BCUT2D eigenvalue weighted by atomic mass is 9.48. The van der Waals surface area contributed by atoms with Gasteiger partial charge in [-0.3, -0.25) is 0 Å². The third-order valence-corrected chi connectivity index (χ3v) is 11.5. The number of fused-ring (bicyclic) bond motifs is 3. The summed E-state index contributed by atoms with van der Waals surface area (Å²) in [4.78, 5) is 0. The van der Waals surface area contributed by atoms with Crippen LogP contribution < -0.4 is 0 Å². The van der Waals surface area contributed by atoms with Crippen molar-refractivity contribution in [2.75, 3.05) is 19.8 Å². The Labute approximate surface area is 194 Å². The first-order valence-corrected chi connectivity index (χ1v) is 13.4. The van der Waals surface area contributed by atoms with Crippen LogP contribution in [0.3, 0.4) is 0 Å². The Morgan fingerprint density at radius 3 is 2.28 bits per heavy atom. The van der Waals surface area contributed by atoms with Crippen LogP contribution in [0.2, 0.25) is 0 Å². The molecular formula is C27H46O5. The molecule has 0 aromatic rings. The van der Waals surface area contributed by atoms with Gasteiger partial charge in [-0.15, -0.1) is 0 Å². The lowest BCUT2D eigenvalue weighted by Crippen LogP contribution is -2.54. The summed E-state index contributed by atoms with van der Waals surface area (Å²) in [5.74, 6) is 2.30. The second-order valence-corrected chi connectivity index (χ2v) is 12.9. The van der Waals surface area contributed by atoms with Crippen molar-refractivity contribution in [1.82, 2.24) is 0 Å². The molecule has 2 heterocycles. The number of hydrogen-bond donors (Lipinski definition) is 3. The minimum Gasteiger partial charge on any atom is -0.396 e. The molecule has 5 fully saturated rings. The highest BCUT2D eigenvalue weighted by Crippen LogP contribution is 2.69. The van der Waals surface area contributed by atoms with Gasteiger partial charge in [0.15, 0.2) is 5.79 Å². The molecule has 0 amide bonds. The number of aliphatic hydroxyl groups excluding tert-OH is 3. The van der Waals surface area contributed by atoms with Gasteiger partial charge in [-0.2, -0.15) is 0 Å². The molecule has 5 nitrogen and oxygen atoms in total. The van der Waals surface area contributed by atoms with Crippen molar-refractivity contribution in [3.05, 3.63) is 0 Å². The van der Waals surface area contributed by atoms with Gasteiger partial charge in [0.25, 0.3) is 0 Å². The molecule has 3 aliphatic carbocycles. The largest absolute Gasteiger partial charge is 0.396 e. The zero-order chi connectivity index (χ0) is 22.9. The minimum absolute atomic E-state index is 0.0171. The fourth-order valence-electron chi connectivity index (χ4n) is 9.55. The second-order valence-electron chi connectivity index (χ2n) is 12.9. The van der Waals surface area contributed by atoms with E-state index in [-0.39, 0.29) is 48.1 Å². The van der Waals surface area contributed by atoms with Crippen LogP contribution in [0.5, 0.6) is 0 Å². The first-order chi connectivity index (χ1) is 15.2. The van der Waals surface area contributed by atoms with Crippen LogP contribution in [0.15, 0.2) is 0 Å². The summed E-state index contributed by atoms with van der Waals surface area (Å²) in [5, 5.41) is 31.1. The first-order valence-electron chi connectivity index (χ1n) is 13.4. The lowest BCUT2D eigenvalue weighted by Gasteiger charge is -2.57. The van der Waals surface area contributed by atoms with E-state index in [0.717, 1.165) is 45.1 Å². The fourth-order valence-corrected chi connectivity index (χ4v) is 9.55. The van der Waals surface area contributed by atoms with Gasteiger partial charge in [-0.25, -0.2) is 0 Å². The van der Waals surface area contributed by atoms with Gasteiger partial charge in [0.2, 0.25) is 0 Å². The molecule has 12 atom stereocenters. The van der Waals surface area contributed by atoms with Gasteiger partial charge >= 0.3 is 0 Å². The Morgan fingerprint density at radius 2 is 1.62 bits per heavy atom. The van der Waals surface area contributed by atoms with E-state index in [0.29, 0.717) is 36.0 Å². The molecule has 0 unspecified atom stereocenters. The van der Waals surface area contributed by atoms with Gasteiger partial charge in [0, 0.05) is 25.6 Å². The molecule has 0 aromatic heterocycles. The third-order valence-electron chi connectivity index (χ3n) is 11.5. The predicted molar refractivity (Wildman–Crippen MR) is 123 cm³/mol. The number of hydrogen-bond acceptors (Lipinski definition) is 5. The molecule has 0 bridgehead atoms. The molecule has 0 aromatic carbocycles. The van der Waals surface area contributed by atoms with Gasteiger partial charge < -0.3 is 24.8 Å². The van der Waals surface area contributed by atoms with Crippen LogP contribution in [0, 0.1) is 52.3 Å². The zero-order valence-electron chi connectivity index (χ0n) is 20.6. The quantitative estimate of drug-likeness (QED) is 0.606. The van der Waals surface area contributed by atoms with Crippen LogP contribution in [-0.4, -0.2) is 53.1 Å². The molecule has 3 N–H and O–H groups in total. The summed E-state index contributed by atoms with van der Waals surface area (Å²) in [7, 11) is 0. The average molecular weight is 451 g/mol. The highest BCUT2D eigenvalue weighted by molar-refractivity contribution is 5.14. The maximum atomic E-state index is 10.7.